The van der Waals surface area contributed by atoms with Crippen molar-refractivity contribution in [3.63, 3.8) is 0 Å². The van der Waals surface area contributed by atoms with Gasteiger partial charge in [0.05, 0.1) is 17.9 Å². The second-order valence-corrected chi connectivity index (χ2v) is 10.9. The number of aryl methyl sites for hydroxylation is 2. The molecule has 0 N–H and O–H groups in total. The molecule has 0 unspecified atom stereocenters. The van der Waals surface area contributed by atoms with E-state index in [1.54, 1.807) is 9.58 Å². The van der Waals surface area contributed by atoms with Crippen LogP contribution in [0.2, 0.25) is 0 Å². The first-order valence-electron chi connectivity index (χ1n) is 13.4. The predicted molar refractivity (Wildman–Crippen MR) is 165 cm³/mol. The van der Waals surface area contributed by atoms with Gasteiger partial charge in [0.25, 0.3) is 5.91 Å². The summed E-state index contributed by atoms with van der Waals surface area (Å²) in [7, 11) is 0. The van der Waals surface area contributed by atoms with Crippen molar-refractivity contribution in [2.45, 2.75) is 20.4 Å². The van der Waals surface area contributed by atoms with Gasteiger partial charge in [-0.2, -0.15) is 5.10 Å². The lowest BCUT2D eigenvalue weighted by Gasteiger charge is -2.16. The van der Waals surface area contributed by atoms with E-state index in [9.17, 15) is 4.79 Å². The molecule has 1 aliphatic rings. The first kappa shape index (κ1) is 25.0. The third-order valence-electron chi connectivity index (χ3n) is 7.21. The molecule has 1 amide bonds. The number of hydrogen-bond donors (Lipinski definition) is 0. The lowest BCUT2D eigenvalue weighted by atomic mass is 10.1. The Morgan fingerprint density at radius 1 is 0.854 bits per heavy atom. The average Bonchev–Trinajstić information content (AvgIpc) is 3.66. The summed E-state index contributed by atoms with van der Waals surface area (Å²) >= 11 is 1.46. The van der Waals surface area contributed by atoms with Gasteiger partial charge in [-0.1, -0.05) is 84.4 Å². The fraction of sp³-hybridized carbons (Fsp3) is 0.0882. The van der Waals surface area contributed by atoms with Crippen LogP contribution in [-0.2, 0) is 11.3 Å². The highest BCUT2D eigenvalue weighted by atomic mass is 32.1. The fourth-order valence-corrected chi connectivity index (χ4v) is 5.99. The van der Waals surface area contributed by atoms with Gasteiger partial charge in [-0.15, -0.1) is 11.3 Å². The van der Waals surface area contributed by atoms with Crippen molar-refractivity contribution in [2.75, 3.05) is 4.90 Å². The fourth-order valence-electron chi connectivity index (χ4n) is 5.17. The van der Waals surface area contributed by atoms with E-state index >= 15 is 0 Å². The van der Waals surface area contributed by atoms with E-state index in [1.165, 1.54) is 16.9 Å². The van der Waals surface area contributed by atoms with Gasteiger partial charge in [0.1, 0.15) is 11.3 Å². The van der Waals surface area contributed by atoms with Crippen molar-refractivity contribution >= 4 is 45.3 Å². The quantitative estimate of drug-likeness (QED) is 0.220. The zero-order valence-electron chi connectivity index (χ0n) is 22.6. The third kappa shape index (κ3) is 4.60. The summed E-state index contributed by atoms with van der Waals surface area (Å²) in [6.07, 6.45) is 0. The topological polar surface area (TPSA) is 63.1 Å². The highest BCUT2D eigenvalue weighted by molar-refractivity contribution is 7.07. The van der Waals surface area contributed by atoms with E-state index in [0.29, 0.717) is 22.8 Å². The molecule has 6 nitrogen and oxygen atoms in total. The number of amides is 1. The zero-order chi connectivity index (χ0) is 27.9. The molecule has 4 aromatic carbocycles. The van der Waals surface area contributed by atoms with Crippen LogP contribution >= 0.6 is 11.3 Å². The van der Waals surface area contributed by atoms with E-state index in [1.807, 2.05) is 109 Å². The van der Waals surface area contributed by atoms with Crippen LogP contribution in [0.3, 0.4) is 0 Å². The summed E-state index contributed by atoms with van der Waals surface area (Å²) < 4.78 is 7.99. The standard InChI is InChI=1S/C34H26N4O2S/c1-22-16-17-27(23(2)18-22)35-34-38(29(21-41-34)31-19-25-12-6-9-15-30(25)40-31)36-32-26-13-7-8-14-28(26)37(33(32)39)20-24-10-4-3-5-11-24/h3-19,21H,20H2,1-2H3/b35-34?,36-32-. The van der Waals surface area contributed by atoms with E-state index < -0.39 is 0 Å². The van der Waals surface area contributed by atoms with E-state index in [4.69, 9.17) is 14.5 Å². The molecule has 0 saturated carbocycles. The Balaban J connectivity index is 1.42. The van der Waals surface area contributed by atoms with E-state index in [-0.39, 0.29) is 5.91 Å². The van der Waals surface area contributed by atoms with Gasteiger partial charge in [0.2, 0.25) is 4.80 Å². The maximum atomic E-state index is 14.0. The number of thiazole rings is 1. The van der Waals surface area contributed by atoms with Crippen molar-refractivity contribution in [3.8, 4) is 11.5 Å². The van der Waals surface area contributed by atoms with E-state index in [2.05, 4.69) is 13.0 Å². The molecule has 41 heavy (non-hydrogen) atoms. The van der Waals surface area contributed by atoms with Gasteiger partial charge in [-0.25, -0.2) is 9.67 Å². The molecule has 6 aromatic rings. The number of hydrogen-bond acceptors (Lipinski definition) is 5. The van der Waals surface area contributed by atoms with Crippen LogP contribution in [0.25, 0.3) is 22.4 Å². The molecule has 0 spiro atoms. The molecule has 200 valence electrons. The molecule has 3 heterocycles. The van der Waals surface area contributed by atoms with Gasteiger partial charge in [0, 0.05) is 16.3 Å². The second-order valence-electron chi connectivity index (χ2n) is 10.1. The van der Waals surface area contributed by atoms with Crippen LogP contribution in [-0.4, -0.2) is 16.3 Å². The number of nitrogens with zero attached hydrogens (tertiary/aromatic N) is 4. The SMILES string of the molecule is Cc1ccc(N=c2scc(-c3cc4ccccc4o3)n2/N=C2\C(=O)N(Cc3ccccc3)c3ccccc32)c(C)c1. The molecule has 0 atom stereocenters. The number of anilines is 1. The summed E-state index contributed by atoms with van der Waals surface area (Å²) in [4.78, 5) is 21.4. The Bertz CT molecular complexity index is 2000. The minimum atomic E-state index is -0.151. The normalized spacial score (nSPS) is 14.4. The number of benzene rings is 4. The summed E-state index contributed by atoms with van der Waals surface area (Å²) in [5.74, 6) is 0.510. The van der Waals surface area contributed by atoms with Crippen LogP contribution in [0, 0.1) is 13.8 Å². The lowest BCUT2D eigenvalue weighted by Crippen LogP contribution is -2.30. The van der Waals surface area contributed by atoms with Crippen molar-refractivity contribution in [1.82, 2.24) is 4.68 Å². The smallest absolute Gasteiger partial charge is 0.279 e. The van der Waals surface area contributed by atoms with Crippen LogP contribution < -0.4 is 9.70 Å². The van der Waals surface area contributed by atoms with Crippen molar-refractivity contribution in [3.05, 3.63) is 136 Å². The van der Waals surface area contributed by atoms with Crippen molar-refractivity contribution in [1.29, 1.82) is 0 Å². The number of furan rings is 1. The Morgan fingerprint density at radius 3 is 2.46 bits per heavy atom. The van der Waals surface area contributed by atoms with Gasteiger partial charge in [-0.05, 0) is 49.2 Å². The van der Waals surface area contributed by atoms with Crippen molar-refractivity contribution < 1.29 is 9.21 Å². The Labute approximate surface area is 241 Å². The minimum absolute atomic E-state index is 0.151. The van der Waals surface area contributed by atoms with Crippen LogP contribution in [0.4, 0.5) is 11.4 Å². The molecule has 0 bridgehead atoms. The monoisotopic (exact) mass is 554 g/mol. The average molecular weight is 555 g/mol. The lowest BCUT2D eigenvalue weighted by molar-refractivity contribution is -0.112. The molecular weight excluding hydrogens is 528 g/mol. The number of fused-ring (bicyclic) bond motifs is 2. The number of rotatable bonds is 5. The molecular formula is C34H26N4O2S. The maximum absolute atomic E-state index is 14.0. The second kappa shape index (κ2) is 10.2. The van der Waals surface area contributed by atoms with Crippen LogP contribution in [0.5, 0.6) is 0 Å². The molecule has 0 radical (unpaired) electrons. The van der Waals surface area contributed by atoms with Crippen molar-refractivity contribution in [2.24, 2.45) is 10.1 Å². The molecule has 2 aromatic heterocycles. The Hall–Kier alpha value is -5.01. The molecule has 0 aliphatic carbocycles. The number of aromatic nitrogens is 1. The molecule has 0 saturated heterocycles. The molecule has 1 aliphatic heterocycles. The van der Waals surface area contributed by atoms with Gasteiger partial charge >= 0.3 is 0 Å². The van der Waals surface area contributed by atoms with E-state index in [0.717, 1.165) is 44.7 Å². The maximum Gasteiger partial charge on any atom is 0.279 e. The summed E-state index contributed by atoms with van der Waals surface area (Å²) in [6, 6.07) is 33.9. The summed E-state index contributed by atoms with van der Waals surface area (Å²) in [5, 5.41) is 8.00. The number of para-hydroxylation sites is 2. The largest absolute Gasteiger partial charge is 0.454 e. The molecule has 0 fully saturated rings. The Kier molecular flexibility index (Phi) is 6.21. The van der Waals surface area contributed by atoms with Gasteiger partial charge in [0.15, 0.2) is 11.5 Å². The first-order chi connectivity index (χ1) is 20.0. The first-order valence-corrected chi connectivity index (χ1v) is 14.3. The van der Waals surface area contributed by atoms with Gasteiger partial charge in [-0.3, -0.25) is 4.79 Å². The minimum Gasteiger partial charge on any atom is -0.454 e. The zero-order valence-corrected chi connectivity index (χ0v) is 23.4. The summed E-state index contributed by atoms with van der Waals surface area (Å²) in [5.41, 5.74) is 7.67. The predicted octanol–water partition coefficient (Wildman–Crippen LogP) is 7.61. The molecule has 7 heteroatoms. The highest BCUT2D eigenvalue weighted by Gasteiger charge is 2.34. The number of carbonyl (C=O) groups excluding carboxylic acids is 1. The number of carbonyl (C=O) groups is 1. The Morgan fingerprint density at radius 2 is 1.63 bits per heavy atom. The van der Waals surface area contributed by atoms with Gasteiger partial charge < -0.3 is 9.32 Å². The highest BCUT2D eigenvalue weighted by Crippen LogP contribution is 2.33. The summed E-state index contributed by atoms with van der Waals surface area (Å²) in [6.45, 7) is 4.58. The van der Waals surface area contributed by atoms with Crippen LogP contribution in [0.1, 0.15) is 22.3 Å². The third-order valence-corrected chi connectivity index (χ3v) is 8.03. The molecule has 7 rings (SSSR count). The van der Waals surface area contributed by atoms with Crippen LogP contribution in [0.15, 0.2) is 123 Å².